The molecule has 0 atom stereocenters. The third kappa shape index (κ3) is 2.59. The normalized spacial score (nSPS) is 10.4. The Morgan fingerprint density at radius 1 is 1.31 bits per heavy atom. The average Bonchev–Trinajstić information content (AvgIpc) is 2.78. The van der Waals surface area contributed by atoms with Crippen molar-refractivity contribution < 1.29 is 4.74 Å². The molecule has 2 rings (SSSR count). The van der Waals surface area contributed by atoms with Crippen LogP contribution in [-0.2, 0) is 13.0 Å². The van der Waals surface area contributed by atoms with E-state index >= 15 is 0 Å². The lowest BCUT2D eigenvalue weighted by atomic mass is 10.1. The zero-order valence-corrected chi connectivity index (χ0v) is 9.96. The van der Waals surface area contributed by atoms with Gasteiger partial charge < -0.3 is 10.5 Å². The molecule has 1 heterocycles. The van der Waals surface area contributed by atoms with E-state index in [4.69, 9.17) is 10.5 Å². The van der Waals surface area contributed by atoms with Gasteiger partial charge in [0, 0.05) is 24.0 Å². The van der Waals surface area contributed by atoms with Crippen LogP contribution in [0.2, 0.25) is 0 Å². The van der Waals surface area contributed by atoms with Crippen LogP contribution in [0, 0.1) is 0 Å². The Hall–Kier alpha value is -1.39. The Morgan fingerprint density at radius 3 is 2.62 bits per heavy atom. The molecule has 1 aromatic carbocycles. The fourth-order valence-corrected chi connectivity index (χ4v) is 2.30. The fourth-order valence-electron chi connectivity index (χ4n) is 1.47. The van der Waals surface area contributed by atoms with Gasteiger partial charge in [-0.25, -0.2) is 4.98 Å². The quantitative estimate of drug-likeness (QED) is 0.882. The first-order valence-electron chi connectivity index (χ1n) is 5.08. The molecule has 0 saturated heterocycles. The fraction of sp³-hybridized carbons (Fsp3) is 0.250. The van der Waals surface area contributed by atoms with Gasteiger partial charge in [0.2, 0.25) is 0 Å². The number of hydrogen-bond acceptors (Lipinski definition) is 4. The predicted octanol–water partition coefficient (Wildman–Crippen LogP) is 2.20. The van der Waals surface area contributed by atoms with Crippen molar-refractivity contribution in [1.29, 1.82) is 0 Å². The van der Waals surface area contributed by atoms with E-state index in [9.17, 15) is 0 Å². The van der Waals surface area contributed by atoms with Gasteiger partial charge in [-0.1, -0.05) is 12.1 Å². The Balaban J connectivity index is 2.08. The molecule has 0 aliphatic carbocycles. The van der Waals surface area contributed by atoms with Gasteiger partial charge >= 0.3 is 0 Å². The Kier molecular flexibility index (Phi) is 3.54. The summed E-state index contributed by atoms with van der Waals surface area (Å²) < 4.78 is 5.11. The monoisotopic (exact) mass is 234 g/mol. The second-order valence-electron chi connectivity index (χ2n) is 3.45. The molecule has 2 aromatic rings. The maximum atomic E-state index is 5.53. The van der Waals surface area contributed by atoms with Crippen LogP contribution in [0.1, 0.15) is 15.4 Å². The molecule has 0 spiro atoms. The highest BCUT2D eigenvalue weighted by molar-refractivity contribution is 7.11. The molecule has 4 heteroatoms. The molecule has 1 aromatic heterocycles. The molecular formula is C12H14N2OS. The minimum Gasteiger partial charge on any atom is -0.497 e. The highest BCUT2D eigenvalue weighted by atomic mass is 32.1. The van der Waals surface area contributed by atoms with Crippen molar-refractivity contribution >= 4 is 11.3 Å². The van der Waals surface area contributed by atoms with Crippen LogP contribution in [0.5, 0.6) is 5.75 Å². The molecule has 0 saturated carbocycles. The summed E-state index contributed by atoms with van der Waals surface area (Å²) in [7, 11) is 1.67. The number of thiazole rings is 1. The van der Waals surface area contributed by atoms with Crippen LogP contribution >= 0.6 is 11.3 Å². The predicted molar refractivity (Wildman–Crippen MR) is 65.8 cm³/mol. The van der Waals surface area contributed by atoms with Crippen molar-refractivity contribution in [3.63, 3.8) is 0 Å². The summed E-state index contributed by atoms with van der Waals surface area (Å²) in [4.78, 5) is 5.47. The molecule has 0 aliphatic rings. The van der Waals surface area contributed by atoms with E-state index in [1.165, 1.54) is 10.4 Å². The number of hydrogen-bond donors (Lipinski definition) is 1. The maximum absolute atomic E-state index is 5.53. The molecule has 0 bridgehead atoms. The lowest BCUT2D eigenvalue weighted by Gasteiger charge is -2.01. The summed E-state index contributed by atoms with van der Waals surface area (Å²) in [6.07, 6.45) is 2.80. The summed E-state index contributed by atoms with van der Waals surface area (Å²) in [6.45, 7) is 0.521. The first-order chi connectivity index (χ1) is 7.81. The van der Waals surface area contributed by atoms with Crippen LogP contribution in [0.3, 0.4) is 0 Å². The van der Waals surface area contributed by atoms with Gasteiger partial charge in [-0.3, -0.25) is 0 Å². The van der Waals surface area contributed by atoms with Gasteiger partial charge in [-0.2, -0.15) is 0 Å². The first-order valence-corrected chi connectivity index (χ1v) is 5.90. The summed E-state index contributed by atoms with van der Waals surface area (Å²) >= 11 is 1.67. The molecule has 0 unspecified atom stereocenters. The number of rotatable bonds is 4. The molecule has 0 aliphatic heterocycles. The Labute approximate surface area is 98.9 Å². The number of methoxy groups -OCH3 is 1. The molecule has 0 amide bonds. The molecular weight excluding hydrogens is 220 g/mol. The van der Waals surface area contributed by atoms with Crippen LogP contribution < -0.4 is 10.5 Å². The second-order valence-corrected chi connectivity index (χ2v) is 4.65. The standard InChI is InChI=1S/C12H14N2OS/c1-15-10-4-2-9(3-5-10)6-11-8-14-12(7-13)16-11/h2-5,8H,6-7,13H2,1H3. The zero-order chi connectivity index (χ0) is 11.4. The number of benzene rings is 1. The van der Waals surface area contributed by atoms with Crippen molar-refractivity contribution in [2.24, 2.45) is 5.73 Å². The minimum atomic E-state index is 0.521. The van der Waals surface area contributed by atoms with E-state index in [1.54, 1.807) is 18.4 Å². The van der Waals surface area contributed by atoms with E-state index < -0.39 is 0 Å². The topological polar surface area (TPSA) is 48.1 Å². The average molecular weight is 234 g/mol. The summed E-state index contributed by atoms with van der Waals surface area (Å²) in [5, 5.41) is 0.989. The third-order valence-electron chi connectivity index (χ3n) is 2.31. The van der Waals surface area contributed by atoms with Gasteiger partial charge in [-0.05, 0) is 17.7 Å². The smallest absolute Gasteiger partial charge is 0.118 e. The van der Waals surface area contributed by atoms with Crippen LogP contribution in [-0.4, -0.2) is 12.1 Å². The largest absolute Gasteiger partial charge is 0.497 e. The van der Waals surface area contributed by atoms with Gasteiger partial charge in [-0.15, -0.1) is 11.3 Å². The minimum absolute atomic E-state index is 0.521. The van der Waals surface area contributed by atoms with Crippen molar-refractivity contribution in [2.45, 2.75) is 13.0 Å². The zero-order valence-electron chi connectivity index (χ0n) is 9.14. The SMILES string of the molecule is COc1ccc(Cc2cnc(CN)s2)cc1. The van der Waals surface area contributed by atoms with Crippen molar-refractivity contribution in [3.05, 3.63) is 45.9 Å². The van der Waals surface area contributed by atoms with Crippen molar-refractivity contribution in [2.75, 3.05) is 7.11 Å². The third-order valence-corrected chi connectivity index (χ3v) is 3.33. The van der Waals surface area contributed by atoms with Gasteiger partial charge in [0.05, 0.1) is 7.11 Å². The van der Waals surface area contributed by atoms with E-state index in [-0.39, 0.29) is 0 Å². The van der Waals surface area contributed by atoms with Gasteiger partial charge in [0.1, 0.15) is 10.8 Å². The molecule has 0 fully saturated rings. The Bertz CT molecular complexity index is 450. The van der Waals surface area contributed by atoms with E-state index in [1.807, 2.05) is 18.3 Å². The van der Waals surface area contributed by atoms with E-state index in [2.05, 4.69) is 17.1 Å². The van der Waals surface area contributed by atoms with E-state index in [0.717, 1.165) is 17.2 Å². The maximum Gasteiger partial charge on any atom is 0.118 e. The number of aromatic nitrogens is 1. The first kappa shape index (κ1) is 11.1. The van der Waals surface area contributed by atoms with Crippen LogP contribution in [0.15, 0.2) is 30.5 Å². The Morgan fingerprint density at radius 2 is 2.06 bits per heavy atom. The van der Waals surface area contributed by atoms with Gasteiger partial charge in [0.15, 0.2) is 0 Å². The summed E-state index contributed by atoms with van der Waals surface area (Å²) in [6, 6.07) is 8.09. The molecule has 16 heavy (non-hydrogen) atoms. The molecule has 84 valence electrons. The summed E-state index contributed by atoms with van der Waals surface area (Å²) in [5.41, 5.74) is 6.78. The lowest BCUT2D eigenvalue weighted by molar-refractivity contribution is 0.414. The van der Waals surface area contributed by atoms with Crippen LogP contribution in [0.25, 0.3) is 0 Å². The highest BCUT2D eigenvalue weighted by Gasteiger charge is 2.02. The second kappa shape index (κ2) is 5.09. The molecule has 0 radical (unpaired) electrons. The summed E-state index contributed by atoms with van der Waals surface area (Å²) in [5.74, 6) is 0.885. The number of ether oxygens (including phenoxy) is 1. The van der Waals surface area contributed by atoms with Gasteiger partial charge in [0.25, 0.3) is 0 Å². The van der Waals surface area contributed by atoms with Crippen molar-refractivity contribution in [3.8, 4) is 5.75 Å². The van der Waals surface area contributed by atoms with E-state index in [0.29, 0.717) is 6.54 Å². The number of nitrogens with zero attached hydrogens (tertiary/aromatic N) is 1. The van der Waals surface area contributed by atoms with Crippen molar-refractivity contribution in [1.82, 2.24) is 4.98 Å². The molecule has 2 N–H and O–H groups in total. The molecule has 3 nitrogen and oxygen atoms in total. The number of nitrogens with two attached hydrogens (primary N) is 1. The highest BCUT2D eigenvalue weighted by Crippen LogP contribution is 2.18. The lowest BCUT2D eigenvalue weighted by Crippen LogP contribution is -1.93. The van der Waals surface area contributed by atoms with Crippen LogP contribution in [0.4, 0.5) is 0 Å².